The first-order valence-electron chi connectivity index (χ1n) is 3.19. The Balaban J connectivity index is 2.47. The summed E-state index contributed by atoms with van der Waals surface area (Å²) >= 11 is 1.62. The summed E-state index contributed by atoms with van der Waals surface area (Å²) in [6.45, 7) is 0. The number of nitrogens with one attached hydrogen (secondary N) is 1. The van der Waals surface area contributed by atoms with Gasteiger partial charge in [0.15, 0.2) is 0 Å². The Morgan fingerprint density at radius 1 is 1.55 bits per heavy atom. The minimum absolute atomic E-state index is 0.586. The van der Waals surface area contributed by atoms with Gasteiger partial charge in [-0.05, 0) is 11.4 Å². The summed E-state index contributed by atoms with van der Waals surface area (Å²) < 4.78 is 0. The van der Waals surface area contributed by atoms with E-state index in [2.05, 4.69) is 10.3 Å². The van der Waals surface area contributed by atoms with Crippen LogP contribution in [0.5, 0.6) is 0 Å². The van der Waals surface area contributed by atoms with Crippen LogP contribution in [0.15, 0.2) is 28.5 Å². The van der Waals surface area contributed by atoms with Gasteiger partial charge < -0.3 is 11.1 Å². The summed E-state index contributed by atoms with van der Waals surface area (Å²) in [6, 6.07) is 2.00. The van der Waals surface area contributed by atoms with E-state index >= 15 is 0 Å². The average molecular weight is 165 g/mol. The first-order valence-corrected chi connectivity index (χ1v) is 4.07. The number of nitrogens with two attached hydrogens (primary N) is 1. The zero-order chi connectivity index (χ0) is 7.68. The molecule has 1 aliphatic rings. The number of hydrogen-bond donors (Lipinski definition) is 2. The normalized spacial score (nSPS) is 14.7. The molecular weight excluding hydrogens is 158 g/mol. The second kappa shape index (κ2) is 2.39. The molecule has 4 heteroatoms. The van der Waals surface area contributed by atoms with Crippen molar-refractivity contribution in [2.75, 3.05) is 5.32 Å². The molecule has 1 aliphatic heterocycles. The Bertz CT molecular complexity index is 324. The van der Waals surface area contributed by atoms with Crippen LogP contribution in [0, 0.1) is 0 Å². The Labute approximate surface area is 68.3 Å². The summed E-state index contributed by atoms with van der Waals surface area (Å²) in [6.07, 6.45) is 3.39. The third kappa shape index (κ3) is 1.12. The van der Waals surface area contributed by atoms with Gasteiger partial charge in [0.05, 0.1) is 6.20 Å². The molecule has 3 nitrogen and oxygen atoms in total. The van der Waals surface area contributed by atoms with Crippen molar-refractivity contribution in [3.63, 3.8) is 0 Å². The monoisotopic (exact) mass is 165 g/mol. The van der Waals surface area contributed by atoms with Crippen molar-refractivity contribution in [3.05, 3.63) is 29.0 Å². The Hall–Kier alpha value is -1.29. The fourth-order valence-corrected chi connectivity index (χ4v) is 1.67. The molecule has 0 amide bonds. The number of aliphatic imine (C=N–C) groups is 1. The molecule has 3 N–H and O–H groups in total. The average Bonchev–Trinajstić information content (AvgIpc) is 2.31. The molecule has 0 saturated heterocycles. The summed E-state index contributed by atoms with van der Waals surface area (Å²) in [5, 5.41) is 6.09. The van der Waals surface area contributed by atoms with E-state index in [9.17, 15) is 0 Å². The molecule has 0 aliphatic carbocycles. The molecule has 2 rings (SSSR count). The molecular formula is C7H7N3S. The van der Waals surface area contributed by atoms with E-state index < -0.39 is 0 Å². The highest BCUT2D eigenvalue weighted by atomic mass is 32.1. The SMILES string of the molecule is NC1=CN=Cc2ccsc2N1. The topological polar surface area (TPSA) is 50.4 Å². The van der Waals surface area contributed by atoms with Crippen LogP contribution < -0.4 is 11.1 Å². The van der Waals surface area contributed by atoms with Gasteiger partial charge in [0.1, 0.15) is 10.8 Å². The third-order valence-electron chi connectivity index (χ3n) is 1.38. The molecule has 0 radical (unpaired) electrons. The van der Waals surface area contributed by atoms with Gasteiger partial charge in [0, 0.05) is 11.8 Å². The molecule has 1 aromatic heterocycles. The highest BCUT2D eigenvalue weighted by Gasteiger charge is 2.03. The van der Waals surface area contributed by atoms with Crippen LogP contribution in [-0.2, 0) is 0 Å². The van der Waals surface area contributed by atoms with Crippen molar-refractivity contribution in [3.8, 4) is 0 Å². The van der Waals surface area contributed by atoms with Gasteiger partial charge in [0.2, 0.25) is 0 Å². The maximum atomic E-state index is 5.55. The number of nitrogens with zero attached hydrogens (tertiary/aromatic N) is 1. The van der Waals surface area contributed by atoms with E-state index in [-0.39, 0.29) is 0 Å². The Kier molecular flexibility index (Phi) is 1.40. The second-order valence-corrected chi connectivity index (χ2v) is 3.11. The summed E-state index contributed by atoms with van der Waals surface area (Å²) in [4.78, 5) is 4.00. The van der Waals surface area contributed by atoms with Crippen LogP contribution in [-0.4, -0.2) is 6.21 Å². The number of hydrogen-bond acceptors (Lipinski definition) is 4. The first-order chi connectivity index (χ1) is 5.36. The highest BCUT2D eigenvalue weighted by Crippen LogP contribution is 2.23. The molecule has 2 heterocycles. The van der Waals surface area contributed by atoms with E-state index in [0.717, 1.165) is 10.6 Å². The van der Waals surface area contributed by atoms with Crippen molar-refractivity contribution in [1.29, 1.82) is 0 Å². The lowest BCUT2D eigenvalue weighted by molar-refractivity contribution is 1.30. The lowest BCUT2D eigenvalue weighted by Crippen LogP contribution is -2.06. The van der Waals surface area contributed by atoms with Gasteiger partial charge >= 0.3 is 0 Å². The van der Waals surface area contributed by atoms with Crippen LogP contribution in [0.4, 0.5) is 5.00 Å². The molecule has 0 aromatic carbocycles. The van der Waals surface area contributed by atoms with Crippen LogP contribution in [0.2, 0.25) is 0 Å². The zero-order valence-electron chi connectivity index (χ0n) is 5.74. The van der Waals surface area contributed by atoms with Crippen LogP contribution in [0.3, 0.4) is 0 Å². The van der Waals surface area contributed by atoms with Crippen molar-refractivity contribution < 1.29 is 0 Å². The molecule has 56 valence electrons. The van der Waals surface area contributed by atoms with Crippen LogP contribution >= 0.6 is 11.3 Å². The van der Waals surface area contributed by atoms with E-state index in [1.807, 2.05) is 11.4 Å². The van der Waals surface area contributed by atoms with Gasteiger partial charge in [-0.15, -0.1) is 11.3 Å². The summed E-state index contributed by atoms with van der Waals surface area (Å²) in [5.41, 5.74) is 6.64. The zero-order valence-corrected chi connectivity index (χ0v) is 6.56. The summed E-state index contributed by atoms with van der Waals surface area (Å²) in [5.74, 6) is 0.586. The Morgan fingerprint density at radius 3 is 3.36 bits per heavy atom. The largest absolute Gasteiger partial charge is 0.384 e. The standard InChI is InChI=1S/C7H7N3S/c8-6-4-9-3-5-1-2-11-7(5)10-6/h1-4,10H,8H2. The van der Waals surface area contributed by atoms with Gasteiger partial charge in [0.25, 0.3) is 0 Å². The Morgan fingerprint density at radius 2 is 2.45 bits per heavy atom. The summed E-state index contributed by atoms with van der Waals surface area (Å²) in [7, 11) is 0. The van der Waals surface area contributed by atoms with Gasteiger partial charge in [-0.3, -0.25) is 4.99 Å². The number of rotatable bonds is 0. The molecule has 1 aromatic rings. The van der Waals surface area contributed by atoms with Crippen molar-refractivity contribution in [2.45, 2.75) is 0 Å². The fourth-order valence-electron chi connectivity index (χ4n) is 0.884. The second-order valence-electron chi connectivity index (χ2n) is 2.19. The van der Waals surface area contributed by atoms with E-state index in [1.165, 1.54) is 0 Å². The van der Waals surface area contributed by atoms with Crippen LogP contribution in [0.25, 0.3) is 0 Å². The van der Waals surface area contributed by atoms with E-state index in [0.29, 0.717) is 5.82 Å². The predicted molar refractivity (Wildman–Crippen MR) is 47.8 cm³/mol. The van der Waals surface area contributed by atoms with Gasteiger partial charge in [-0.25, -0.2) is 0 Å². The predicted octanol–water partition coefficient (Wildman–Crippen LogP) is 1.35. The quantitative estimate of drug-likeness (QED) is 0.609. The van der Waals surface area contributed by atoms with Crippen molar-refractivity contribution in [1.82, 2.24) is 0 Å². The van der Waals surface area contributed by atoms with Crippen molar-refractivity contribution in [2.24, 2.45) is 10.7 Å². The minimum atomic E-state index is 0.586. The van der Waals surface area contributed by atoms with Gasteiger partial charge in [-0.1, -0.05) is 0 Å². The molecule has 0 bridgehead atoms. The van der Waals surface area contributed by atoms with Crippen LogP contribution in [0.1, 0.15) is 5.56 Å². The first kappa shape index (κ1) is 6.42. The number of thiophene rings is 1. The highest BCUT2D eigenvalue weighted by molar-refractivity contribution is 7.14. The van der Waals surface area contributed by atoms with E-state index in [1.54, 1.807) is 23.8 Å². The molecule has 0 atom stereocenters. The fraction of sp³-hybridized carbons (Fsp3) is 0. The smallest absolute Gasteiger partial charge is 0.120 e. The molecule has 0 spiro atoms. The van der Waals surface area contributed by atoms with Gasteiger partial charge in [-0.2, -0.15) is 0 Å². The molecule has 0 unspecified atom stereocenters. The number of anilines is 1. The van der Waals surface area contributed by atoms with E-state index in [4.69, 9.17) is 5.73 Å². The maximum absolute atomic E-state index is 5.55. The maximum Gasteiger partial charge on any atom is 0.120 e. The van der Waals surface area contributed by atoms with Crippen molar-refractivity contribution >= 4 is 22.6 Å². The third-order valence-corrected chi connectivity index (χ3v) is 2.23. The molecule has 11 heavy (non-hydrogen) atoms. The molecule has 0 fully saturated rings. The molecule has 0 saturated carbocycles. The lowest BCUT2D eigenvalue weighted by atomic mass is 10.3. The number of fused-ring (bicyclic) bond motifs is 1. The minimum Gasteiger partial charge on any atom is -0.384 e. The lowest BCUT2D eigenvalue weighted by Gasteiger charge is -1.99.